The molecule has 0 fully saturated rings. The fourth-order valence-electron chi connectivity index (χ4n) is 0.596. The van der Waals surface area contributed by atoms with Crippen molar-refractivity contribution in [2.75, 3.05) is 11.9 Å². The van der Waals surface area contributed by atoms with E-state index in [0.29, 0.717) is 5.82 Å². The SMILES string of the molecule is NCC(=O)Nc1cc(Cl)ncn1. The average molecular weight is 187 g/mol. The molecule has 1 aromatic heterocycles. The minimum absolute atomic E-state index is 0.0817. The second-order valence-corrected chi connectivity index (χ2v) is 2.37. The third-order valence-electron chi connectivity index (χ3n) is 1.09. The molecule has 0 bridgehead atoms. The fraction of sp³-hybridized carbons (Fsp3) is 0.167. The van der Waals surface area contributed by atoms with Gasteiger partial charge in [-0.2, -0.15) is 0 Å². The van der Waals surface area contributed by atoms with Crippen LogP contribution < -0.4 is 11.1 Å². The first-order chi connectivity index (χ1) is 5.72. The lowest BCUT2D eigenvalue weighted by Crippen LogP contribution is -2.22. The van der Waals surface area contributed by atoms with Crippen molar-refractivity contribution in [3.8, 4) is 0 Å². The van der Waals surface area contributed by atoms with Gasteiger partial charge in [0.1, 0.15) is 17.3 Å². The van der Waals surface area contributed by atoms with Crippen LogP contribution in [0.5, 0.6) is 0 Å². The predicted octanol–water partition coefficient (Wildman–Crippen LogP) is 0.0272. The molecular formula is C6H7ClN4O. The van der Waals surface area contributed by atoms with E-state index >= 15 is 0 Å². The summed E-state index contributed by atoms with van der Waals surface area (Å²) in [6, 6.07) is 1.44. The second kappa shape index (κ2) is 3.99. The molecule has 64 valence electrons. The monoisotopic (exact) mass is 186 g/mol. The van der Waals surface area contributed by atoms with Crippen molar-refractivity contribution in [3.63, 3.8) is 0 Å². The first-order valence-electron chi connectivity index (χ1n) is 3.20. The summed E-state index contributed by atoms with van der Waals surface area (Å²) < 4.78 is 0. The summed E-state index contributed by atoms with van der Waals surface area (Å²) in [5, 5.41) is 2.71. The van der Waals surface area contributed by atoms with E-state index in [2.05, 4.69) is 15.3 Å². The van der Waals surface area contributed by atoms with Crippen molar-refractivity contribution in [2.24, 2.45) is 5.73 Å². The van der Waals surface area contributed by atoms with E-state index in [4.69, 9.17) is 17.3 Å². The van der Waals surface area contributed by atoms with Gasteiger partial charge < -0.3 is 11.1 Å². The molecule has 0 unspecified atom stereocenters. The molecule has 3 N–H and O–H groups in total. The van der Waals surface area contributed by atoms with Crippen molar-refractivity contribution in [3.05, 3.63) is 17.5 Å². The summed E-state index contributed by atoms with van der Waals surface area (Å²) in [7, 11) is 0. The van der Waals surface area contributed by atoms with Crippen LogP contribution in [0.1, 0.15) is 0 Å². The van der Waals surface area contributed by atoms with Crippen LogP contribution in [0.25, 0.3) is 0 Å². The van der Waals surface area contributed by atoms with E-state index < -0.39 is 0 Å². The maximum absolute atomic E-state index is 10.8. The lowest BCUT2D eigenvalue weighted by Gasteiger charge is -2.00. The van der Waals surface area contributed by atoms with Crippen LogP contribution in [-0.2, 0) is 4.79 Å². The maximum Gasteiger partial charge on any atom is 0.239 e. The molecule has 0 spiro atoms. The van der Waals surface area contributed by atoms with E-state index in [-0.39, 0.29) is 17.6 Å². The molecule has 1 amide bonds. The number of hydrogen-bond donors (Lipinski definition) is 2. The van der Waals surface area contributed by atoms with Crippen LogP contribution in [-0.4, -0.2) is 22.4 Å². The van der Waals surface area contributed by atoms with Gasteiger partial charge in [0.2, 0.25) is 5.91 Å². The third kappa shape index (κ3) is 2.44. The highest BCUT2D eigenvalue weighted by Crippen LogP contribution is 2.07. The summed E-state index contributed by atoms with van der Waals surface area (Å²) in [6.45, 7) is -0.0817. The summed E-state index contributed by atoms with van der Waals surface area (Å²) in [5.74, 6) is 0.0372. The molecule has 1 heterocycles. The zero-order valence-corrected chi connectivity index (χ0v) is 6.88. The number of anilines is 1. The lowest BCUT2D eigenvalue weighted by atomic mass is 10.5. The number of nitrogens with one attached hydrogen (secondary N) is 1. The number of aromatic nitrogens is 2. The molecule has 1 aromatic rings. The van der Waals surface area contributed by atoms with Gasteiger partial charge in [-0.05, 0) is 0 Å². The molecule has 5 nitrogen and oxygen atoms in total. The number of amides is 1. The van der Waals surface area contributed by atoms with Crippen LogP contribution in [0.4, 0.5) is 5.82 Å². The zero-order chi connectivity index (χ0) is 8.97. The molecular weight excluding hydrogens is 180 g/mol. The molecule has 1 rings (SSSR count). The van der Waals surface area contributed by atoms with E-state index in [1.165, 1.54) is 12.4 Å². The number of rotatable bonds is 2. The average Bonchev–Trinajstić information content (AvgIpc) is 2.04. The summed E-state index contributed by atoms with van der Waals surface area (Å²) >= 11 is 5.54. The number of halogens is 1. The topological polar surface area (TPSA) is 80.9 Å². The van der Waals surface area contributed by atoms with Gasteiger partial charge in [0.05, 0.1) is 6.54 Å². The smallest absolute Gasteiger partial charge is 0.239 e. The normalized spacial score (nSPS) is 9.50. The molecule has 0 aromatic carbocycles. The Labute approximate surface area is 74.0 Å². The largest absolute Gasteiger partial charge is 0.322 e. The Morgan fingerprint density at radius 2 is 2.42 bits per heavy atom. The maximum atomic E-state index is 10.8. The van der Waals surface area contributed by atoms with E-state index in [1.807, 2.05) is 0 Å². The second-order valence-electron chi connectivity index (χ2n) is 1.98. The van der Waals surface area contributed by atoms with Crippen LogP contribution in [0.3, 0.4) is 0 Å². The summed E-state index contributed by atoms with van der Waals surface area (Å²) in [5.41, 5.74) is 5.07. The van der Waals surface area contributed by atoms with Gasteiger partial charge >= 0.3 is 0 Å². The first kappa shape index (κ1) is 8.89. The van der Waals surface area contributed by atoms with Crippen molar-refractivity contribution < 1.29 is 4.79 Å². The Hall–Kier alpha value is -1.20. The highest BCUT2D eigenvalue weighted by Gasteiger charge is 2.00. The van der Waals surface area contributed by atoms with Crippen molar-refractivity contribution in [1.82, 2.24) is 9.97 Å². The van der Waals surface area contributed by atoms with Crippen LogP contribution in [0.2, 0.25) is 5.15 Å². The summed E-state index contributed by atoms with van der Waals surface area (Å²) in [6.07, 6.45) is 1.26. The van der Waals surface area contributed by atoms with Gasteiger partial charge in [-0.25, -0.2) is 9.97 Å². The van der Waals surface area contributed by atoms with E-state index in [1.54, 1.807) is 0 Å². The Bertz CT molecular complexity index is 291. The first-order valence-corrected chi connectivity index (χ1v) is 3.57. The molecule has 0 saturated heterocycles. The minimum atomic E-state index is -0.315. The molecule has 6 heteroatoms. The Kier molecular flexibility index (Phi) is 2.95. The highest BCUT2D eigenvalue weighted by atomic mass is 35.5. The van der Waals surface area contributed by atoms with Crippen LogP contribution in [0.15, 0.2) is 12.4 Å². The van der Waals surface area contributed by atoms with Gasteiger partial charge in [-0.1, -0.05) is 11.6 Å². The lowest BCUT2D eigenvalue weighted by molar-refractivity contribution is -0.114. The van der Waals surface area contributed by atoms with Crippen LogP contribution in [0, 0.1) is 0 Å². The molecule has 0 radical (unpaired) electrons. The number of hydrogen-bond acceptors (Lipinski definition) is 4. The summed E-state index contributed by atoms with van der Waals surface area (Å²) in [4.78, 5) is 18.1. The molecule has 0 aliphatic rings. The van der Waals surface area contributed by atoms with E-state index in [0.717, 1.165) is 0 Å². The number of nitrogens with two attached hydrogens (primary N) is 1. The molecule has 0 aliphatic heterocycles. The number of nitrogens with zero attached hydrogens (tertiary/aromatic N) is 2. The number of carbonyl (C=O) groups is 1. The Morgan fingerprint density at radius 1 is 1.67 bits per heavy atom. The van der Waals surface area contributed by atoms with E-state index in [9.17, 15) is 4.79 Å². The Morgan fingerprint density at radius 3 is 3.00 bits per heavy atom. The molecule has 12 heavy (non-hydrogen) atoms. The van der Waals surface area contributed by atoms with Crippen molar-refractivity contribution >= 4 is 23.3 Å². The fourth-order valence-corrected chi connectivity index (χ4v) is 0.743. The van der Waals surface area contributed by atoms with Gasteiger partial charge in [0, 0.05) is 6.07 Å². The minimum Gasteiger partial charge on any atom is -0.322 e. The van der Waals surface area contributed by atoms with Gasteiger partial charge in [0.15, 0.2) is 0 Å². The molecule has 0 atom stereocenters. The van der Waals surface area contributed by atoms with Crippen LogP contribution >= 0.6 is 11.6 Å². The van der Waals surface area contributed by atoms with Crippen molar-refractivity contribution in [2.45, 2.75) is 0 Å². The van der Waals surface area contributed by atoms with Gasteiger partial charge in [0.25, 0.3) is 0 Å². The quantitative estimate of drug-likeness (QED) is 0.639. The molecule has 0 saturated carbocycles. The highest BCUT2D eigenvalue weighted by molar-refractivity contribution is 6.29. The third-order valence-corrected chi connectivity index (χ3v) is 1.29. The number of carbonyl (C=O) groups excluding carboxylic acids is 1. The van der Waals surface area contributed by atoms with Gasteiger partial charge in [-0.15, -0.1) is 0 Å². The van der Waals surface area contributed by atoms with Crippen molar-refractivity contribution in [1.29, 1.82) is 0 Å². The molecule has 0 aliphatic carbocycles. The predicted molar refractivity (Wildman–Crippen MR) is 44.7 cm³/mol. The zero-order valence-electron chi connectivity index (χ0n) is 6.12. The standard InChI is InChI=1S/C6H7ClN4O/c7-4-1-5(10-3-9-4)11-6(12)2-8/h1,3H,2,8H2,(H,9,10,11,12). The van der Waals surface area contributed by atoms with Gasteiger partial charge in [-0.3, -0.25) is 4.79 Å². The Balaban J connectivity index is 2.69.